The molecule has 5 heteroatoms. The van der Waals surface area contributed by atoms with E-state index in [0.29, 0.717) is 18.2 Å². The molecule has 1 heterocycles. The van der Waals surface area contributed by atoms with Crippen LogP contribution in [0.2, 0.25) is 0 Å². The highest BCUT2D eigenvalue weighted by Gasteiger charge is 2.23. The van der Waals surface area contributed by atoms with Gasteiger partial charge in [0, 0.05) is 17.8 Å². The van der Waals surface area contributed by atoms with Gasteiger partial charge in [0.25, 0.3) is 5.91 Å². The first-order valence-corrected chi connectivity index (χ1v) is 7.54. The monoisotopic (exact) mass is 267 g/mol. The zero-order valence-electron chi connectivity index (χ0n) is 10.8. The maximum Gasteiger partial charge on any atom is 0.270 e. The molecule has 1 saturated carbocycles. The number of thiazole rings is 1. The first-order valence-electron chi connectivity index (χ1n) is 6.66. The van der Waals surface area contributed by atoms with E-state index in [1.165, 1.54) is 37.0 Å². The van der Waals surface area contributed by atoms with Crippen molar-refractivity contribution in [3.63, 3.8) is 0 Å². The number of rotatable bonds is 5. The summed E-state index contributed by atoms with van der Waals surface area (Å²) in [5, 5.41) is 5.83. The molecule has 1 fully saturated rings. The van der Waals surface area contributed by atoms with Crippen LogP contribution in [0.1, 0.15) is 48.1 Å². The summed E-state index contributed by atoms with van der Waals surface area (Å²) in [7, 11) is 0. The van der Waals surface area contributed by atoms with Gasteiger partial charge in [0.1, 0.15) is 5.69 Å². The summed E-state index contributed by atoms with van der Waals surface area (Å²) < 4.78 is 0. The van der Waals surface area contributed by atoms with Crippen molar-refractivity contribution in [2.75, 3.05) is 6.54 Å². The highest BCUT2D eigenvalue weighted by Crippen LogP contribution is 2.27. The SMILES string of the molecule is C[C@@H](NC(=O)c1csc(CCN)n1)C1CCCC1. The summed E-state index contributed by atoms with van der Waals surface area (Å²) in [6.07, 6.45) is 5.80. The van der Waals surface area contributed by atoms with Crippen LogP contribution in [0.3, 0.4) is 0 Å². The molecule has 1 aliphatic rings. The van der Waals surface area contributed by atoms with Gasteiger partial charge in [-0.1, -0.05) is 12.8 Å². The van der Waals surface area contributed by atoms with E-state index in [9.17, 15) is 4.79 Å². The van der Waals surface area contributed by atoms with E-state index in [0.717, 1.165) is 11.4 Å². The molecule has 2 rings (SSSR count). The molecule has 1 aliphatic carbocycles. The Labute approximate surface area is 112 Å². The lowest BCUT2D eigenvalue weighted by molar-refractivity contribution is 0.0922. The van der Waals surface area contributed by atoms with Crippen LogP contribution in [0.25, 0.3) is 0 Å². The molecular weight excluding hydrogens is 246 g/mol. The molecule has 3 N–H and O–H groups in total. The first kappa shape index (κ1) is 13.5. The normalized spacial score (nSPS) is 17.9. The largest absolute Gasteiger partial charge is 0.348 e. The summed E-state index contributed by atoms with van der Waals surface area (Å²) >= 11 is 1.51. The number of carbonyl (C=O) groups excluding carboxylic acids is 1. The molecule has 100 valence electrons. The van der Waals surface area contributed by atoms with Crippen molar-refractivity contribution in [2.24, 2.45) is 11.7 Å². The maximum absolute atomic E-state index is 12.0. The van der Waals surface area contributed by atoms with E-state index in [1.807, 2.05) is 5.38 Å². The molecule has 0 unspecified atom stereocenters. The summed E-state index contributed by atoms with van der Waals surface area (Å²) in [4.78, 5) is 16.3. The van der Waals surface area contributed by atoms with Gasteiger partial charge in [-0.3, -0.25) is 4.79 Å². The highest BCUT2D eigenvalue weighted by atomic mass is 32.1. The predicted molar refractivity (Wildman–Crippen MR) is 73.8 cm³/mol. The fourth-order valence-corrected chi connectivity index (χ4v) is 3.30. The van der Waals surface area contributed by atoms with Crippen molar-refractivity contribution in [1.29, 1.82) is 0 Å². The number of hydrogen-bond acceptors (Lipinski definition) is 4. The van der Waals surface area contributed by atoms with Crippen LogP contribution in [0.15, 0.2) is 5.38 Å². The van der Waals surface area contributed by atoms with Crippen LogP contribution in [0, 0.1) is 5.92 Å². The number of carbonyl (C=O) groups is 1. The lowest BCUT2D eigenvalue weighted by Crippen LogP contribution is -2.37. The molecule has 0 aromatic carbocycles. The topological polar surface area (TPSA) is 68.0 Å². The van der Waals surface area contributed by atoms with Gasteiger partial charge in [-0.15, -0.1) is 11.3 Å². The van der Waals surface area contributed by atoms with E-state index in [1.54, 1.807) is 0 Å². The van der Waals surface area contributed by atoms with Gasteiger partial charge in [0.05, 0.1) is 5.01 Å². The molecule has 0 saturated heterocycles. The predicted octanol–water partition coefficient (Wildman–Crippen LogP) is 1.95. The Bertz CT molecular complexity index is 399. The molecule has 0 spiro atoms. The van der Waals surface area contributed by atoms with Crippen molar-refractivity contribution in [1.82, 2.24) is 10.3 Å². The summed E-state index contributed by atoms with van der Waals surface area (Å²) in [6.45, 7) is 2.67. The molecular formula is C13H21N3OS. The zero-order valence-corrected chi connectivity index (χ0v) is 11.6. The van der Waals surface area contributed by atoms with Crippen LogP contribution in [0.4, 0.5) is 0 Å². The lowest BCUT2D eigenvalue weighted by Gasteiger charge is -2.19. The summed E-state index contributed by atoms with van der Waals surface area (Å²) in [5.41, 5.74) is 6.01. The van der Waals surface area contributed by atoms with Crippen LogP contribution >= 0.6 is 11.3 Å². The Balaban J connectivity index is 1.89. The average molecular weight is 267 g/mol. The minimum Gasteiger partial charge on any atom is -0.348 e. The third kappa shape index (κ3) is 3.29. The van der Waals surface area contributed by atoms with Crippen LogP contribution < -0.4 is 11.1 Å². The second kappa shape index (κ2) is 6.29. The van der Waals surface area contributed by atoms with Crippen molar-refractivity contribution in [3.05, 3.63) is 16.1 Å². The third-order valence-corrected chi connectivity index (χ3v) is 4.52. The van der Waals surface area contributed by atoms with E-state index >= 15 is 0 Å². The fraction of sp³-hybridized carbons (Fsp3) is 0.692. The summed E-state index contributed by atoms with van der Waals surface area (Å²) in [5.74, 6) is 0.588. The van der Waals surface area contributed by atoms with Crippen LogP contribution in [-0.4, -0.2) is 23.5 Å². The summed E-state index contributed by atoms with van der Waals surface area (Å²) in [6, 6.07) is 0.250. The highest BCUT2D eigenvalue weighted by molar-refractivity contribution is 7.09. The number of nitrogens with two attached hydrogens (primary N) is 1. The minimum absolute atomic E-state index is 0.0473. The average Bonchev–Trinajstić information content (AvgIpc) is 3.00. The molecule has 0 radical (unpaired) electrons. The van der Waals surface area contributed by atoms with Crippen molar-refractivity contribution in [3.8, 4) is 0 Å². The maximum atomic E-state index is 12.0. The molecule has 1 aromatic rings. The Morgan fingerprint density at radius 3 is 3.00 bits per heavy atom. The molecule has 18 heavy (non-hydrogen) atoms. The number of nitrogens with zero attached hydrogens (tertiary/aromatic N) is 1. The van der Waals surface area contributed by atoms with Gasteiger partial charge < -0.3 is 11.1 Å². The molecule has 1 aromatic heterocycles. The standard InChI is InChI=1S/C13H21N3OS/c1-9(10-4-2-3-5-10)15-13(17)11-8-18-12(16-11)6-7-14/h8-10H,2-7,14H2,1H3,(H,15,17)/t9-/m1/s1. The van der Waals surface area contributed by atoms with E-state index in [4.69, 9.17) is 5.73 Å². The Morgan fingerprint density at radius 1 is 1.61 bits per heavy atom. The van der Waals surface area contributed by atoms with Gasteiger partial charge in [-0.05, 0) is 32.2 Å². The quantitative estimate of drug-likeness (QED) is 0.857. The molecule has 0 aliphatic heterocycles. The molecule has 1 amide bonds. The number of aromatic nitrogens is 1. The van der Waals surface area contributed by atoms with E-state index in [-0.39, 0.29) is 11.9 Å². The molecule has 1 atom stereocenters. The number of amides is 1. The third-order valence-electron chi connectivity index (χ3n) is 3.61. The minimum atomic E-state index is -0.0473. The number of nitrogens with one attached hydrogen (secondary N) is 1. The van der Waals surface area contributed by atoms with Crippen molar-refractivity contribution < 1.29 is 4.79 Å². The second-order valence-corrected chi connectivity index (χ2v) is 5.91. The van der Waals surface area contributed by atoms with Crippen LogP contribution in [0.5, 0.6) is 0 Å². The van der Waals surface area contributed by atoms with Gasteiger partial charge in [0.15, 0.2) is 0 Å². The van der Waals surface area contributed by atoms with E-state index < -0.39 is 0 Å². The lowest BCUT2D eigenvalue weighted by atomic mass is 10.00. The van der Waals surface area contributed by atoms with Gasteiger partial charge in [0.2, 0.25) is 0 Å². The smallest absolute Gasteiger partial charge is 0.270 e. The van der Waals surface area contributed by atoms with Gasteiger partial charge >= 0.3 is 0 Å². The van der Waals surface area contributed by atoms with Crippen molar-refractivity contribution in [2.45, 2.75) is 45.1 Å². The van der Waals surface area contributed by atoms with Gasteiger partial charge in [-0.25, -0.2) is 4.98 Å². The molecule has 4 nitrogen and oxygen atoms in total. The van der Waals surface area contributed by atoms with E-state index in [2.05, 4.69) is 17.2 Å². The fourth-order valence-electron chi connectivity index (χ4n) is 2.51. The Hall–Kier alpha value is -0.940. The first-order chi connectivity index (χ1) is 8.70. The van der Waals surface area contributed by atoms with Gasteiger partial charge in [-0.2, -0.15) is 0 Å². The zero-order chi connectivity index (χ0) is 13.0. The Morgan fingerprint density at radius 2 is 2.33 bits per heavy atom. The molecule has 0 bridgehead atoms. The van der Waals surface area contributed by atoms with Crippen LogP contribution in [-0.2, 0) is 6.42 Å². The second-order valence-electron chi connectivity index (χ2n) is 4.97. The number of hydrogen-bond donors (Lipinski definition) is 2. The van der Waals surface area contributed by atoms with Crippen molar-refractivity contribution >= 4 is 17.2 Å². The Kier molecular flexibility index (Phi) is 4.72.